The van der Waals surface area contributed by atoms with E-state index in [1.807, 2.05) is 12.1 Å². The van der Waals surface area contributed by atoms with Crippen LogP contribution in [-0.2, 0) is 6.54 Å². The summed E-state index contributed by atoms with van der Waals surface area (Å²) in [7, 11) is 1.72. The Kier molecular flexibility index (Phi) is 5.76. The van der Waals surface area contributed by atoms with Crippen LogP contribution in [0.4, 0.5) is 0 Å². The fourth-order valence-electron chi connectivity index (χ4n) is 3.16. The van der Waals surface area contributed by atoms with E-state index in [1.54, 1.807) is 7.11 Å². The van der Waals surface area contributed by atoms with Crippen molar-refractivity contribution in [3.8, 4) is 5.75 Å². The summed E-state index contributed by atoms with van der Waals surface area (Å²) in [6.45, 7) is 3.11. The first-order valence-electron chi connectivity index (χ1n) is 7.22. The smallest absolute Gasteiger partial charge is 0.123 e. The van der Waals surface area contributed by atoms with E-state index in [0.717, 1.165) is 35.5 Å². The summed E-state index contributed by atoms with van der Waals surface area (Å²) in [6, 6.07) is 6.11. The number of alkyl halides is 1. The summed E-state index contributed by atoms with van der Waals surface area (Å²) in [5, 5.41) is 3.70. The van der Waals surface area contributed by atoms with Crippen molar-refractivity contribution in [2.75, 3.05) is 13.0 Å². The SMILES string of the molecule is COc1ccc(Br)cc1CNC1(CCl)CCCC(C)C1. The Morgan fingerprint density at radius 2 is 2.30 bits per heavy atom. The number of benzene rings is 1. The minimum atomic E-state index is 0.0759. The predicted octanol–water partition coefficient (Wildman–Crippen LogP) is 4.74. The highest BCUT2D eigenvalue weighted by Crippen LogP contribution is 2.34. The quantitative estimate of drug-likeness (QED) is 0.766. The second-order valence-corrected chi connectivity index (χ2v) is 7.11. The van der Waals surface area contributed by atoms with Crippen molar-refractivity contribution in [3.05, 3.63) is 28.2 Å². The molecule has 0 aromatic heterocycles. The Morgan fingerprint density at radius 3 is 2.95 bits per heavy atom. The van der Waals surface area contributed by atoms with Crippen LogP contribution < -0.4 is 10.1 Å². The third kappa shape index (κ3) is 3.90. The van der Waals surface area contributed by atoms with E-state index in [-0.39, 0.29) is 5.54 Å². The molecule has 0 bridgehead atoms. The molecule has 0 aliphatic heterocycles. The van der Waals surface area contributed by atoms with Crippen molar-refractivity contribution in [2.45, 2.75) is 44.7 Å². The topological polar surface area (TPSA) is 21.3 Å². The molecule has 4 heteroatoms. The van der Waals surface area contributed by atoms with E-state index in [2.05, 4.69) is 34.2 Å². The minimum Gasteiger partial charge on any atom is -0.496 e. The first-order chi connectivity index (χ1) is 9.58. The predicted molar refractivity (Wildman–Crippen MR) is 88.6 cm³/mol. The summed E-state index contributed by atoms with van der Waals surface area (Å²) in [6.07, 6.45) is 4.90. The Bertz CT molecular complexity index is 454. The maximum absolute atomic E-state index is 6.27. The van der Waals surface area contributed by atoms with Gasteiger partial charge in [-0.2, -0.15) is 0 Å². The molecule has 1 aliphatic rings. The van der Waals surface area contributed by atoms with Crippen molar-refractivity contribution in [2.24, 2.45) is 5.92 Å². The molecule has 112 valence electrons. The lowest BCUT2D eigenvalue weighted by Crippen LogP contribution is -2.49. The molecule has 1 aliphatic carbocycles. The second kappa shape index (κ2) is 7.15. The molecular formula is C16H23BrClNO. The van der Waals surface area contributed by atoms with Gasteiger partial charge in [0, 0.05) is 28.0 Å². The molecule has 1 saturated carbocycles. The van der Waals surface area contributed by atoms with Crippen LogP contribution in [0.25, 0.3) is 0 Å². The molecule has 0 saturated heterocycles. The molecule has 2 nitrogen and oxygen atoms in total. The van der Waals surface area contributed by atoms with Crippen LogP contribution in [0.2, 0.25) is 0 Å². The average molecular weight is 361 g/mol. The molecule has 1 N–H and O–H groups in total. The van der Waals surface area contributed by atoms with Crippen molar-refractivity contribution in [3.63, 3.8) is 0 Å². The largest absolute Gasteiger partial charge is 0.496 e. The van der Waals surface area contributed by atoms with E-state index in [9.17, 15) is 0 Å². The van der Waals surface area contributed by atoms with Crippen LogP contribution >= 0.6 is 27.5 Å². The summed E-state index contributed by atoms with van der Waals surface area (Å²) >= 11 is 9.79. The van der Waals surface area contributed by atoms with Gasteiger partial charge in [0.15, 0.2) is 0 Å². The second-order valence-electron chi connectivity index (χ2n) is 5.93. The van der Waals surface area contributed by atoms with Gasteiger partial charge in [-0.25, -0.2) is 0 Å². The third-order valence-electron chi connectivity index (χ3n) is 4.24. The molecule has 2 rings (SSSR count). The summed E-state index contributed by atoms with van der Waals surface area (Å²) in [5.41, 5.74) is 1.25. The molecule has 0 amide bonds. The Morgan fingerprint density at radius 1 is 1.50 bits per heavy atom. The van der Waals surface area contributed by atoms with Gasteiger partial charge in [0.2, 0.25) is 0 Å². The lowest BCUT2D eigenvalue weighted by Gasteiger charge is -2.39. The molecule has 0 spiro atoms. The summed E-state index contributed by atoms with van der Waals surface area (Å²) in [5.74, 6) is 2.35. The Labute approximate surface area is 135 Å². The number of hydrogen-bond donors (Lipinski definition) is 1. The number of rotatable bonds is 5. The number of halogens is 2. The zero-order chi connectivity index (χ0) is 14.6. The highest BCUT2D eigenvalue weighted by atomic mass is 79.9. The highest BCUT2D eigenvalue weighted by molar-refractivity contribution is 9.10. The Balaban J connectivity index is 2.08. The third-order valence-corrected chi connectivity index (χ3v) is 5.25. The molecule has 0 radical (unpaired) electrons. The van der Waals surface area contributed by atoms with E-state index in [4.69, 9.17) is 16.3 Å². The normalized spacial score (nSPS) is 26.5. The molecule has 2 unspecified atom stereocenters. The molecule has 1 aromatic rings. The maximum Gasteiger partial charge on any atom is 0.123 e. The van der Waals surface area contributed by atoms with Crippen LogP contribution in [0.5, 0.6) is 5.75 Å². The molecule has 1 fully saturated rings. The molecule has 2 atom stereocenters. The van der Waals surface area contributed by atoms with Crippen LogP contribution in [0.3, 0.4) is 0 Å². The first-order valence-corrected chi connectivity index (χ1v) is 8.55. The van der Waals surface area contributed by atoms with Crippen LogP contribution in [0.15, 0.2) is 22.7 Å². The lowest BCUT2D eigenvalue weighted by atomic mass is 9.77. The van der Waals surface area contributed by atoms with E-state index >= 15 is 0 Å². The van der Waals surface area contributed by atoms with Gasteiger partial charge in [0.05, 0.1) is 7.11 Å². The fourth-order valence-corrected chi connectivity index (χ4v) is 3.90. The summed E-state index contributed by atoms with van der Waals surface area (Å²) in [4.78, 5) is 0. The van der Waals surface area contributed by atoms with Crippen molar-refractivity contribution >= 4 is 27.5 Å². The van der Waals surface area contributed by atoms with Crippen LogP contribution in [-0.4, -0.2) is 18.5 Å². The van der Waals surface area contributed by atoms with Gasteiger partial charge in [-0.3, -0.25) is 0 Å². The van der Waals surface area contributed by atoms with Crippen molar-refractivity contribution < 1.29 is 4.74 Å². The summed E-state index contributed by atoms with van der Waals surface area (Å²) < 4.78 is 6.51. The number of methoxy groups -OCH3 is 1. The molecule has 20 heavy (non-hydrogen) atoms. The minimum absolute atomic E-state index is 0.0759. The maximum atomic E-state index is 6.27. The Hall–Kier alpha value is -0.250. The zero-order valence-corrected chi connectivity index (χ0v) is 14.6. The highest BCUT2D eigenvalue weighted by Gasteiger charge is 2.33. The van der Waals surface area contributed by atoms with Crippen LogP contribution in [0.1, 0.15) is 38.2 Å². The molecule has 1 aromatic carbocycles. The molecular weight excluding hydrogens is 338 g/mol. The number of ether oxygens (including phenoxy) is 1. The van der Waals surface area contributed by atoms with Crippen molar-refractivity contribution in [1.29, 1.82) is 0 Å². The van der Waals surface area contributed by atoms with Gasteiger partial charge in [-0.1, -0.05) is 35.7 Å². The van der Waals surface area contributed by atoms with Crippen LogP contribution in [0, 0.1) is 5.92 Å². The fraction of sp³-hybridized carbons (Fsp3) is 0.625. The van der Waals surface area contributed by atoms with E-state index in [1.165, 1.54) is 18.4 Å². The number of hydrogen-bond acceptors (Lipinski definition) is 2. The standard InChI is InChI=1S/C16H23BrClNO/c1-12-4-3-7-16(9-12,11-18)19-10-13-8-14(17)5-6-15(13)20-2/h5-6,8,12,19H,3-4,7,9-11H2,1-2H3. The average Bonchev–Trinajstić information content (AvgIpc) is 2.45. The van der Waals surface area contributed by atoms with Gasteiger partial charge in [-0.15, -0.1) is 11.6 Å². The van der Waals surface area contributed by atoms with Crippen molar-refractivity contribution in [1.82, 2.24) is 5.32 Å². The molecule has 0 heterocycles. The van der Waals surface area contributed by atoms with Gasteiger partial charge in [-0.05, 0) is 37.0 Å². The van der Waals surface area contributed by atoms with Gasteiger partial charge >= 0.3 is 0 Å². The zero-order valence-electron chi connectivity index (χ0n) is 12.2. The van der Waals surface area contributed by atoms with E-state index < -0.39 is 0 Å². The van der Waals surface area contributed by atoms with Gasteiger partial charge < -0.3 is 10.1 Å². The van der Waals surface area contributed by atoms with Gasteiger partial charge in [0.25, 0.3) is 0 Å². The number of nitrogens with one attached hydrogen (secondary N) is 1. The van der Waals surface area contributed by atoms with Gasteiger partial charge in [0.1, 0.15) is 5.75 Å². The first kappa shape index (κ1) is 16.1. The van der Waals surface area contributed by atoms with E-state index in [0.29, 0.717) is 5.88 Å². The lowest BCUT2D eigenvalue weighted by molar-refractivity contribution is 0.207. The monoisotopic (exact) mass is 359 g/mol.